The number of alkyl halides is 3. The van der Waals surface area contributed by atoms with Crippen molar-refractivity contribution in [2.45, 2.75) is 38.0 Å². The number of aliphatic carboxylic acids is 1. The van der Waals surface area contributed by atoms with Crippen LogP contribution in [0, 0.1) is 6.92 Å². The number of rotatable bonds is 3. The molecule has 2 aliphatic heterocycles. The van der Waals surface area contributed by atoms with Gasteiger partial charge in [0, 0.05) is 45.6 Å². The van der Waals surface area contributed by atoms with Crippen LogP contribution in [0.1, 0.15) is 24.2 Å². The SMILES string of the molecule is Cc1cc(CN2CCC3(CCN3c3ncccn3)C2)n(C)n1.O=C(O)C(F)(F)F. The quantitative estimate of drug-likeness (QED) is 0.825. The lowest BCUT2D eigenvalue weighted by Gasteiger charge is -2.50. The average molecular weight is 412 g/mol. The number of carboxylic acids is 1. The van der Waals surface area contributed by atoms with Crippen LogP contribution in [0.3, 0.4) is 0 Å². The highest BCUT2D eigenvalue weighted by atomic mass is 19.4. The molecule has 1 unspecified atom stereocenters. The molecule has 1 spiro atoms. The van der Waals surface area contributed by atoms with E-state index in [1.165, 1.54) is 18.5 Å². The second-order valence-electron chi connectivity index (χ2n) is 7.34. The van der Waals surface area contributed by atoms with Crippen LogP contribution in [0.5, 0.6) is 0 Å². The Balaban J connectivity index is 0.000000298. The lowest BCUT2D eigenvalue weighted by atomic mass is 9.84. The van der Waals surface area contributed by atoms with Crippen molar-refractivity contribution in [2.75, 3.05) is 24.5 Å². The summed E-state index contributed by atoms with van der Waals surface area (Å²) in [7, 11) is 2.03. The first-order valence-electron chi connectivity index (χ1n) is 9.17. The summed E-state index contributed by atoms with van der Waals surface area (Å²) < 4.78 is 33.7. The molecule has 29 heavy (non-hydrogen) atoms. The first-order chi connectivity index (χ1) is 13.6. The summed E-state index contributed by atoms with van der Waals surface area (Å²) in [6.07, 6.45) is 1.02. The molecule has 0 aliphatic carbocycles. The fourth-order valence-electron chi connectivity index (χ4n) is 3.82. The fourth-order valence-corrected chi connectivity index (χ4v) is 3.82. The predicted molar refractivity (Wildman–Crippen MR) is 98.3 cm³/mol. The van der Waals surface area contributed by atoms with Crippen molar-refractivity contribution in [3.05, 3.63) is 35.9 Å². The van der Waals surface area contributed by atoms with Gasteiger partial charge in [0.15, 0.2) is 0 Å². The molecule has 2 aromatic rings. The van der Waals surface area contributed by atoms with Crippen LogP contribution >= 0.6 is 0 Å². The molecule has 0 amide bonds. The van der Waals surface area contributed by atoms with E-state index in [4.69, 9.17) is 9.90 Å². The van der Waals surface area contributed by atoms with Crippen LogP contribution in [0.15, 0.2) is 24.5 Å². The first-order valence-corrected chi connectivity index (χ1v) is 9.17. The van der Waals surface area contributed by atoms with E-state index in [0.29, 0.717) is 0 Å². The summed E-state index contributed by atoms with van der Waals surface area (Å²) in [6, 6.07) is 4.06. The molecule has 2 saturated heterocycles. The maximum Gasteiger partial charge on any atom is 0.490 e. The molecular formula is C18H23F3N6O2. The highest BCUT2D eigenvalue weighted by Crippen LogP contribution is 2.41. The molecule has 1 N–H and O–H groups in total. The summed E-state index contributed by atoms with van der Waals surface area (Å²) in [6.45, 7) is 6.32. The van der Waals surface area contributed by atoms with Gasteiger partial charge in [-0.25, -0.2) is 14.8 Å². The van der Waals surface area contributed by atoms with Crippen LogP contribution in [-0.2, 0) is 18.4 Å². The average Bonchev–Trinajstić information content (AvgIpc) is 3.20. The number of likely N-dealkylation sites (tertiary alicyclic amines) is 1. The summed E-state index contributed by atoms with van der Waals surface area (Å²) >= 11 is 0. The molecule has 0 aromatic carbocycles. The fraction of sp³-hybridized carbons (Fsp3) is 0.556. The van der Waals surface area contributed by atoms with Gasteiger partial charge < -0.3 is 10.0 Å². The number of anilines is 1. The zero-order chi connectivity index (χ0) is 21.2. The number of halogens is 3. The molecule has 158 valence electrons. The summed E-state index contributed by atoms with van der Waals surface area (Å²) in [5.41, 5.74) is 2.63. The molecule has 0 saturated carbocycles. The number of hydrogen-bond donors (Lipinski definition) is 1. The maximum absolute atomic E-state index is 10.6. The number of carbonyl (C=O) groups is 1. The van der Waals surface area contributed by atoms with Gasteiger partial charge in [0.05, 0.1) is 16.9 Å². The number of nitrogens with zero attached hydrogens (tertiary/aromatic N) is 6. The Morgan fingerprint density at radius 2 is 1.86 bits per heavy atom. The van der Waals surface area contributed by atoms with E-state index in [2.05, 4.69) is 37.9 Å². The number of aromatic nitrogens is 4. The van der Waals surface area contributed by atoms with E-state index in [1.807, 2.05) is 30.2 Å². The minimum atomic E-state index is -5.08. The molecule has 0 radical (unpaired) electrons. The van der Waals surface area contributed by atoms with Crippen molar-refractivity contribution >= 4 is 11.9 Å². The van der Waals surface area contributed by atoms with Crippen molar-refractivity contribution < 1.29 is 23.1 Å². The second-order valence-corrected chi connectivity index (χ2v) is 7.34. The monoisotopic (exact) mass is 412 g/mol. The van der Waals surface area contributed by atoms with Crippen LogP contribution in [0.4, 0.5) is 19.1 Å². The van der Waals surface area contributed by atoms with Gasteiger partial charge in [-0.15, -0.1) is 0 Å². The molecule has 11 heteroatoms. The van der Waals surface area contributed by atoms with Gasteiger partial charge in [-0.3, -0.25) is 9.58 Å². The zero-order valence-corrected chi connectivity index (χ0v) is 16.2. The van der Waals surface area contributed by atoms with Crippen molar-refractivity contribution in [3.63, 3.8) is 0 Å². The van der Waals surface area contributed by atoms with Crippen molar-refractivity contribution in [1.82, 2.24) is 24.6 Å². The lowest BCUT2D eigenvalue weighted by Crippen LogP contribution is -2.62. The molecule has 4 rings (SSSR count). The second kappa shape index (κ2) is 7.97. The Morgan fingerprint density at radius 1 is 1.24 bits per heavy atom. The van der Waals surface area contributed by atoms with Gasteiger partial charge in [0.1, 0.15) is 0 Å². The van der Waals surface area contributed by atoms with Crippen molar-refractivity contribution in [2.24, 2.45) is 7.05 Å². The van der Waals surface area contributed by atoms with E-state index >= 15 is 0 Å². The Morgan fingerprint density at radius 3 is 2.34 bits per heavy atom. The van der Waals surface area contributed by atoms with E-state index in [1.54, 1.807) is 0 Å². The summed E-state index contributed by atoms with van der Waals surface area (Å²) in [5.74, 6) is -1.88. The van der Waals surface area contributed by atoms with Crippen LogP contribution in [-0.4, -0.2) is 67.1 Å². The third-order valence-electron chi connectivity index (χ3n) is 5.31. The number of aryl methyl sites for hydroxylation is 2. The van der Waals surface area contributed by atoms with E-state index < -0.39 is 12.1 Å². The van der Waals surface area contributed by atoms with E-state index in [-0.39, 0.29) is 5.54 Å². The number of carboxylic acid groups (broad SMARTS) is 1. The largest absolute Gasteiger partial charge is 0.490 e. The van der Waals surface area contributed by atoms with Gasteiger partial charge in [-0.05, 0) is 31.9 Å². The molecular weight excluding hydrogens is 389 g/mol. The van der Waals surface area contributed by atoms with E-state index in [0.717, 1.165) is 37.8 Å². The topological polar surface area (TPSA) is 87.4 Å². The standard InChI is InChI=1S/C16H22N6.C2HF3O2/c1-13-10-14(20(2)19-13)11-21-8-4-16(12-21)5-9-22(16)15-17-6-3-7-18-15;3-2(4,5)1(6)7/h3,6-7,10H,4-5,8-9,11-12H2,1-2H3;(H,6,7). The minimum absolute atomic E-state index is 0.245. The van der Waals surface area contributed by atoms with Gasteiger partial charge >= 0.3 is 12.1 Å². The zero-order valence-electron chi connectivity index (χ0n) is 16.2. The molecule has 2 aliphatic rings. The Kier molecular flexibility index (Phi) is 5.78. The smallest absolute Gasteiger partial charge is 0.475 e. The highest BCUT2D eigenvalue weighted by molar-refractivity contribution is 5.73. The van der Waals surface area contributed by atoms with E-state index in [9.17, 15) is 13.2 Å². The number of hydrogen-bond acceptors (Lipinski definition) is 6. The third kappa shape index (κ3) is 4.66. The third-order valence-corrected chi connectivity index (χ3v) is 5.31. The van der Waals surface area contributed by atoms with Crippen LogP contribution in [0.25, 0.3) is 0 Å². The molecule has 8 nitrogen and oxygen atoms in total. The molecule has 2 fully saturated rings. The first kappa shape index (κ1) is 21.0. The predicted octanol–water partition coefficient (Wildman–Crippen LogP) is 2.01. The molecule has 1 atom stereocenters. The highest BCUT2D eigenvalue weighted by Gasteiger charge is 2.50. The Hall–Kier alpha value is -2.69. The van der Waals surface area contributed by atoms with Gasteiger partial charge in [-0.2, -0.15) is 18.3 Å². The van der Waals surface area contributed by atoms with Gasteiger partial charge in [-0.1, -0.05) is 0 Å². The van der Waals surface area contributed by atoms with Gasteiger partial charge in [0.2, 0.25) is 5.95 Å². The van der Waals surface area contributed by atoms with Crippen LogP contribution < -0.4 is 4.90 Å². The molecule has 2 aromatic heterocycles. The van der Waals surface area contributed by atoms with Crippen molar-refractivity contribution in [3.8, 4) is 0 Å². The molecule has 0 bridgehead atoms. The maximum atomic E-state index is 10.6. The lowest BCUT2D eigenvalue weighted by molar-refractivity contribution is -0.192. The summed E-state index contributed by atoms with van der Waals surface area (Å²) in [4.78, 5) is 22.7. The van der Waals surface area contributed by atoms with Gasteiger partial charge in [0.25, 0.3) is 0 Å². The Labute approximate surface area is 166 Å². The molecule has 4 heterocycles. The summed E-state index contributed by atoms with van der Waals surface area (Å²) in [5, 5.41) is 11.6. The van der Waals surface area contributed by atoms with Crippen LogP contribution in [0.2, 0.25) is 0 Å². The normalized spacial score (nSPS) is 21.6. The Bertz CT molecular complexity index is 857. The minimum Gasteiger partial charge on any atom is -0.475 e. The van der Waals surface area contributed by atoms with Crippen molar-refractivity contribution in [1.29, 1.82) is 0 Å².